The number of phenols is 1. The Bertz CT molecular complexity index is 1070. The molecule has 0 fully saturated rings. The number of anilines is 1. The van der Waals surface area contributed by atoms with Crippen LogP contribution >= 0.6 is 0 Å². The Kier molecular flexibility index (Phi) is 8.66. The minimum atomic E-state index is -1.98. The van der Waals surface area contributed by atoms with Crippen LogP contribution in [0.2, 0.25) is 0 Å². The number of nitrogens with one attached hydrogen (secondary N) is 1. The fraction of sp³-hybridized carbons (Fsp3) is 0.318. The molecule has 2 aromatic carbocycles. The van der Waals surface area contributed by atoms with Gasteiger partial charge in [-0.25, -0.2) is 18.0 Å². The highest BCUT2D eigenvalue weighted by molar-refractivity contribution is 6.36. The second-order valence-electron chi connectivity index (χ2n) is 6.91. The number of benzene rings is 2. The van der Waals surface area contributed by atoms with Crippen molar-refractivity contribution in [2.45, 2.75) is 33.1 Å². The van der Waals surface area contributed by atoms with Crippen molar-refractivity contribution >= 4 is 23.3 Å². The monoisotopic (exact) mass is 469 g/mol. The molecule has 8 nitrogen and oxygen atoms in total. The molecule has 0 spiro atoms. The van der Waals surface area contributed by atoms with Crippen LogP contribution in [0.3, 0.4) is 0 Å². The standard InChI is InChI=1S/C22H22F3NO7/c1-3-5-13-16(7-6-12(11(2)27)19(13)28)32-8-4-9-33-20-15(24)10-14(23)18(17(20)25)26-21(29)22(30)31/h6-7,10,28H,3-5,8-9H2,1-2H3,(H,26,29)(H,30,31). The summed E-state index contributed by atoms with van der Waals surface area (Å²) in [5.41, 5.74) is -0.525. The third kappa shape index (κ3) is 6.15. The second-order valence-corrected chi connectivity index (χ2v) is 6.91. The summed E-state index contributed by atoms with van der Waals surface area (Å²) < 4.78 is 52.7. The Morgan fingerprint density at radius 1 is 1.06 bits per heavy atom. The number of ketones is 1. The van der Waals surface area contributed by atoms with Crippen LogP contribution in [-0.2, 0) is 16.0 Å². The zero-order chi connectivity index (χ0) is 24.7. The van der Waals surface area contributed by atoms with Crippen LogP contribution in [0, 0.1) is 17.5 Å². The summed E-state index contributed by atoms with van der Waals surface area (Å²) in [6, 6.07) is 3.22. The number of hydrogen-bond acceptors (Lipinski definition) is 6. The number of phenolic OH excluding ortho intramolecular Hbond substituents is 1. The summed E-state index contributed by atoms with van der Waals surface area (Å²) in [5.74, 6) is -9.29. The number of hydrogen-bond donors (Lipinski definition) is 3. The first-order valence-electron chi connectivity index (χ1n) is 9.91. The van der Waals surface area contributed by atoms with E-state index in [-0.39, 0.29) is 42.8 Å². The minimum Gasteiger partial charge on any atom is -0.507 e. The minimum absolute atomic E-state index is 0.0165. The first-order valence-corrected chi connectivity index (χ1v) is 9.91. The zero-order valence-electron chi connectivity index (χ0n) is 17.8. The molecule has 33 heavy (non-hydrogen) atoms. The van der Waals surface area contributed by atoms with E-state index in [0.29, 0.717) is 24.2 Å². The molecule has 0 heterocycles. The SMILES string of the molecule is CCCc1c(OCCCOc2c(F)cc(F)c(NC(=O)C(=O)O)c2F)ccc(C(C)=O)c1O. The van der Waals surface area contributed by atoms with Crippen LogP contribution in [0.4, 0.5) is 18.9 Å². The number of carboxylic acid groups (broad SMARTS) is 1. The zero-order valence-corrected chi connectivity index (χ0v) is 17.8. The number of aliphatic carboxylic acids is 1. The number of halogens is 3. The van der Waals surface area contributed by atoms with Crippen LogP contribution in [0.15, 0.2) is 18.2 Å². The van der Waals surface area contributed by atoms with Gasteiger partial charge in [-0.3, -0.25) is 9.59 Å². The summed E-state index contributed by atoms with van der Waals surface area (Å²) in [5, 5.41) is 20.4. The van der Waals surface area contributed by atoms with Crippen molar-refractivity contribution in [1.29, 1.82) is 0 Å². The summed E-state index contributed by atoms with van der Waals surface area (Å²) in [6.07, 6.45) is 1.25. The number of carboxylic acids is 1. The topological polar surface area (TPSA) is 122 Å². The first-order chi connectivity index (χ1) is 15.6. The van der Waals surface area contributed by atoms with E-state index in [2.05, 4.69) is 0 Å². The first kappa shape index (κ1) is 25.5. The van der Waals surface area contributed by atoms with Gasteiger partial charge in [0, 0.05) is 18.1 Å². The normalized spacial score (nSPS) is 10.6. The molecule has 2 rings (SSSR count). The Morgan fingerprint density at radius 3 is 2.33 bits per heavy atom. The third-order valence-electron chi connectivity index (χ3n) is 4.47. The Morgan fingerprint density at radius 2 is 1.73 bits per heavy atom. The molecule has 0 radical (unpaired) electrons. The number of rotatable bonds is 10. The molecule has 1 amide bonds. The quantitative estimate of drug-likeness (QED) is 0.275. The number of carbonyl (C=O) groups excluding carboxylic acids is 2. The van der Waals surface area contributed by atoms with Gasteiger partial charge < -0.3 is 25.0 Å². The number of aromatic hydroxyl groups is 1. The molecule has 0 aliphatic rings. The molecule has 11 heteroatoms. The number of amides is 1. The maximum atomic E-state index is 14.4. The van der Waals surface area contributed by atoms with E-state index >= 15 is 0 Å². The van der Waals surface area contributed by atoms with Crippen LogP contribution in [0.1, 0.15) is 42.6 Å². The van der Waals surface area contributed by atoms with Gasteiger partial charge >= 0.3 is 11.9 Å². The lowest BCUT2D eigenvalue weighted by molar-refractivity contribution is -0.147. The maximum Gasteiger partial charge on any atom is 0.394 e. The largest absolute Gasteiger partial charge is 0.507 e. The molecule has 2 aromatic rings. The van der Waals surface area contributed by atoms with Crippen LogP contribution in [0.25, 0.3) is 0 Å². The maximum absolute atomic E-state index is 14.4. The summed E-state index contributed by atoms with van der Waals surface area (Å²) in [7, 11) is 0. The third-order valence-corrected chi connectivity index (χ3v) is 4.47. The highest BCUT2D eigenvalue weighted by Gasteiger charge is 2.24. The van der Waals surface area contributed by atoms with Gasteiger partial charge in [0.05, 0.1) is 18.8 Å². The van der Waals surface area contributed by atoms with E-state index in [9.17, 15) is 32.7 Å². The molecular weight excluding hydrogens is 447 g/mol. The number of carbonyl (C=O) groups is 3. The van der Waals surface area contributed by atoms with Crippen molar-refractivity contribution in [3.63, 3.8) is 0 Å². The second kappa shape index (κ2) is 11.2. The molecule has 0 aromatic heterocycles. The van der Waals surface area contributed by atoms with E-state index < -0.39 is 40.8 Å². The van der Waals surface area contributed by atoms with Crippen molar-refractivity contribution in [2.24, 2.45) is 0 Å². The van der Waals surface area contributed by atoms with E-state index in [4.69, 9.17) is 14.6 Å². The van der Waals surface area contributed by atoms with Crippen molar-refractivity contribution < 1.29 is 47.2 Å². The molecule has 178 valence electrons. The van der Waals surface area contributed by atoms with Gasteiger partial charge in [-0.05, 0) is 25.5 Å². The Hall–Kier alpha value is -3.76. The molecule has 0 atom stereocenters. The molecule has 0 aliphatic heterocycles. The van der Waals surface area contributed by atoms with E-state index in [0.717, 1.165) is 0 Å². The fourth-order valence-corrected chi connectivity index (χ4v) is 2.93. The van der Waals surface area contributed by atoms with E-state index in [1.54, 1.807) is 6.07 Å². The molecule has 0 unspecified atom stereocenters. The average molecular weight is 469 g/mol. The van der Waals surface area contributed by atoms with Crippen molar-refractivity contribution in [3.8, 4) is 17.2 Å². The fourth-order valence-electron chi connectivity index (χ4n) is 2.93. The highest BCUT2D eigenvalue weighted by Crippen LogP contribution is 2.33. The lowest BCUT2D eigenvalue weighted by Crippen LogP contribution is -2.23. The molecule has 0 saturated carbocycles. The predicted octanol–water partition coefficient (Wildman–Crippen LogP) is 3.84. The molecule has 0 saturated heterocycles. The van der Waals surface area contributed by atoms with Crippen molar-refractivity contribution in [3.05, 3.63) is 46.8 Å². The lowest BCUT2D eigenvalue weighted by atomic mass is 10.0. The van der Waals surface area contributed by atoms with Gasteiger partial charge in [0.1, 0.15) is 17.2 Å². The van der Waals surface area contributed by atoms with Crippen LogP contribution < -0.4 is 14.8 Å². The van der Waals surface area contributed by atoms with Gasteiger partial charge in [-0.2, -0.15) is 0 Å². The Labute approximate surface area is 186 Å². The van der Waals surface area contributed by atoms with E-state index in [1.165, 1.54) is 18.3 Å². The molecule has 3 N–H and O–H groups in total. The molecule has 0 bridgehead atoms. The lowest BCUT2D eigenvalue weighted by Gasteiger charge is -2.15. The smallest absolute Gasteiger partial charge is 0.394 e. The Balaban J connectivity index is 2.05. The summed E-state index contributed by atoms with van der Waals surface area (Å²) in [4.78, 5) is 33.3. The van der Waals surface area contributed by atoms with Gasteiger partial charge in [0.25, 0.3) is 0 Å². The van der Waals surface area contributed by atoms with Gasteiger partial charge in [-0.15, -0.1) is 0 Å². The van der Waals surface area contributed by atoms with Crippen LogP contribution in [0.5, 0.6) is 17.2 Å². The molecule has 0 aliphatic carbocycles. The highest BCUT2D eigenvalue weighted by atomic mass is 19.1. The van der Waals surface area contributed by atoms with Gasteiger partial charge in [0.15, 0.2) is 29.0 Å². The summed E-state index contributed by atoms with van der Waals surface area (Å²) in [6.45, 7) is 2.96. The van der Waals surface area contributed by atoms with Gasteiger partial charge in [0.2, 0.25) is 0 Å². The van der Waals surface area contributed by atoms with Gasteiger partial charge in [-0.1, -0.05) is 13.3 Å². The summed E-state index contributed by atoms with van der Waals surface area (Å²) >= 11 is 0. The van der Waals surface area contributed by atoms with Crippen molar-refractivity contribution in [2.75, 3.05) is 18.5 Å². The molecular formula is C22H22F3NO7. The number of ether oxygens (including phenoxy) is 2. The van der Waals surface area contributed by atoms with Crippen molar-refractivity contribution in [1.82, 2.24) is 0 Å². The predicted molar refractivity (Wildman–Crippen MR) is 110 cm³/mol. The average Bonchev–Trinajstić information content (AvgIpc) is 2.74. The number of Topliss-reactive ketones (excluding diaryl/α,β-unsaturated/α-hetero) is 1. The van der Waals surface area contributed by atoms with E-state index in [1.807, 2.05) is 6.92 Å². The van der Waals surface area contributed by atoms with Crippen LogP contribution in [-0.4, -0.2) is 41.1 Å².